The number of alkyl halides is 1. The lowest BCUT2D eigenvalue weighted by molar-refractivity contribution is 0.0693. The predicted octanol–water partition coefficient (Wildman–Crippen LogP) is 1.08. The predicted molar refractivity (Wildman–Crippen MR) is 54.2 cm³/mol. The zero-order valence-corrected chi connectivity index (χ0v) is 8.92. The fraction of sp³-hybridized carbons (Fsp3) is 0.400. The van der Waals surface area contributed by atoms with Gasteiger partial charge >= 0.3 is 5.97 Å². The lowest BCUT2D eigenvalue weighted by Crippen LogP contribution is -2.07. The van der Waals surface area contributed by atoms with Crippen LogP contribution in [0.5, 0.6) is 0 Å². The number of aromatic nitrogens is 2. The van der Waals surface area contributed by atoms with E-state index in [2.05, 4.69) is 36.7 Å². The second-order valence-corrected chi connectivity index (χ2v) is 3.49. The average Bonchev–Trinajstić information content (AvgIpc) is 2.48. The molecule has 0 aliphatic rings. The van der Waals surface area contributed by atoms with Crippen molar-refractivity contribution in [2.24, 2.45) is 0 Å². The SMILES string of the molecule is O=C(O)c1nsnc1NCCI. The van der Waals surface area contributed by atoms with Crippen molar-refractivity contribution in [2.75, 3.05) is 16.3 Å². The quantitative estimate of drug-likeness (QED) is 0.643. The van der Waals surface area contributed by atoms with Crippen molar-refractivity contribution in [1.29, 1.82) is 0 Å². The normalized spacial score (nSPS) is 9.75. The number of hydrogen-bond donors (Lipinski definition) is 2. The number of rotatable bonds is 4. The number of anilines is 1. The monoisotopic (exact) mass is 299 g/mol. The van der Waals surface area contributed by atoms with E-state index in [0.29, 0.717) is 12.4 Å². The van der Waals surface area contributed by atoms with Crippen LogP contribution in [-0.4, -0.2) is 30.8 Å². The van der Waals surface area contributed by atoms with Gasteiger partial charge in [0.1, 0.15) is 0 Å². The van der Waals surface area contributed by atoms with Crippen molar-refractivity contribution in [3.05, 3.63) is 5.69 Å². The van der Waals surface area contributed by atoms with E-state index >= 15 is 0 Å². The molecule has 0 spiro atoms. The summed E-state index contributed by atoms with van der Waals surface area (Å²) in [6.45, 7) is 0.701. The molecule has 12 heavy (non-hydrogen) atoms. The molecule has 1 heterocycles. The van der Waals surface area contributed by atoms with Crippen molar-refractivity contribution >= 4 is 46.1 Å². The van der Waals surface area contributed by atoms with Crippen molar-refractivity contribution in [1.82, 2.24) is 8.75 Å². The minimum Gasteiger partial charge on any atom is -0.476 e. The van der Waals surface area contributed by atoms with Gasteiger partial charge in [0, 0.05) is 11.0 Å². The van der Waals surface area contributed by atoms with E-state index in [4.69, 9.17) is 5.11 Å². The smallest absolute Gasteiger partial charge is 0.359 e. The highest BCUT2D eigenvalue weighted by Gasteiger charge is 2.13. The molecule has 0 aliphatic heterocycles. The Labute approximate surface area is 86.7 Å². The van der Waals surface area contributed by atoms with Crippen LogP contribution in [0.25, 0.3) is 0 Å². The second-order valence-electron chi connectivity index (χ2n) is 1.88. The molecule has 1 rings (SSSR count). The van der Waals surface area contributed by atoms with Gasteiger partial charge in [0.25, 0.3) is 0 Å². The Kier molecular flexibility index (Phi) is 3.66. The van der Waals surface area contributed by atoms with Gasteiger partial charge in [-0.3, -0.25) is 0 Å². The van der Waals surface area contributed by atoms with Crippen LogP contribution < -0.4 is 5.32 Å². The first-order valence-electron chi connectivity index (χ1n) is 3.11. The van der Waals surface area contributed by atoms with E-state index in [1.54, 1.807) is 0 Å². The van der Waals surface area contributed by atoms with Gasteiger partial charge in [-0.2, -0.15) is 8.75 Å². The van der Waals surface area contributed by atoms with Gasteiger partial charge in [0.15, 0.2) is 5.82 Å². The number of carboxylic acids is 1. The number of nitrogens with zero attached hydrogens (tertiary/aromatic N) is 2. The molecule has 1 aromatic rings. The molecule has 1 aromatic heterocycles. The summed E-state index contributed by atoms with van der Waals surface area (Å²) in [5, 5.41) is 11.5. The molecule has 0 radical (unpaired) electrons. The minimum absolute atomic E-state index is 0.00449. The van der Waals surface area contributed by atoms with Crippen molar-refractivity contribution < 1.29 is 9.90 Å². The largest absolute Gasteiger partial charge is 0.476 e. The van der Waals surface area contributed by atoms with Crippen LogP contribution >= 0.6 is 34.3 Å². The van der Waals surface area contributed by atoms with Crippen LogP contribution in [0.15, 0.2) is 0 Å². The molecular formula is C5H6IN3O2S. The molecule has 0 aromatic carbocycles. The maximum absolute atomic E-state index is 10.5. The molecule has 66 valence electrons. The van der Waals surface area contributed by atoms with E-state index in [1.807, 2.05) is 0 Å². The number of carbonyl (C=O) groups is 1. The van der Waals surface area contributed by atoms with Gasteiger partial charge in [0.2, 0.25) is 5.69 Å². The Hall–Kier alpha value is -0.440. The summed E-state index contributed by atoms with van der Waals surface area (Å²) in [5.41, 5.74) is 0.00449. The minimum atomic E-state index is -1.04. The number of hydrogen-bond acceptors (Lipinski definition) is 5. The topological polar surface area (TPSA) is 75.1 Å². The molecule has 5 nitrogen and oxygen atoms in total. The third-order valence-electron chi connectivity index (χ3n) is 1.08. The van der Waals surface area contributed by atoms with Crippen molar-refractivity contribution in [2.45, 2.75) is 0 Å². The molecule has 0 fully saturated rings. The summed E-state index contributed by atoms with van der Waals surface area (Å²) in [7, 11) is 0. The van der Waals surface area contributed by atoms with Crippen LogP contribution in [0.2, 0.25) is 0 Å². The molecule has 0 saturated carbocycles. The van der Waals surface area contributed by atoms with Crippen LogP contribution in [-0.2, 0) is 0 Å². The van der Waals surface area contributed by atoms with Gasteiger partial charge in [-0.25, -0.2) is 4.79 Å². The van der Waals surface area contributed by atoms with Crippen LogP contribution in [0.4, 0.5) is 5.82 Å². The average molecular weight is 299 g/mol. The van der Waals surface area contributed by atoms with Gasteiger partial charge in [-0.15, -0.1) is 0 Å². The standard InChI is InChI=1S/C5H6IN3O2S/c6-1-2-7-4-3(5(10)11)8-12-9-4/h1-2H2,(H,7,9)(H,10,11). The lowest BCUT2D eigenvalue weighted by Gasteiger charge is -1.98. The Balaban J connectivity index is 2.70. The van der Waals surface area contributed by atoms with E-state index in [0.717, 1.165) is 16.2 Å². The fourth-order valence-corrected chi connectivity index (χ4v) is 1.40. The van der Waals surface area contributed by atoms with E-state index in [-0.39, 0.29) is 5.69 Å². The number of nitrogens with one attached hydrogen (secondary N) is 1. The summed E-state index contributed by atoms with van der Waals surface area (Å²) in [4.78, 5) is 10.5. The molecule has 7 heteroatoms. The Bertz CT molecular complexity index is 277. The van der Waals surface area contributed by atoms with Gasteiger partial charge in [0.05, 0.1) is 11.7 Å². The first-order valence-corrected chi connectivity index (χ1v) is 5.37. The molecule has 0 atom stereocenters. The molecule has 2 N–H and O–H groups in total. The van der Waals surface area contributed by atoms with Crippen molar-refractivity contribution in [3.63, 3.8) is 0 Å². The maximum atomic E-state index is 10.5. The summed E-state index contributed by atoms with van der Waals surface area (Å²) in [5.74, 6) is -0.677. The Morgan fingerprint density at radius 2 is 2.42 bits per heavy atom. The summed E-state index contributed by atoms with van der Waals surface area (Å²) in [6.07, 6.45) is 0. The fourth-order valence-electron chi connectivity index (χ4n) is 0.611. The third kappa shape index (κ3) is 2.27. The summed E-state index contributed by atoms with van der Waals surface area (Å²) < 4.78 is 8.34. The first-order chi connectivity index (χ1) is 5.75. The number of halogens is 1. The van der Waals surface area contributed by atoms with Crippen LogP contribution in [0, 0.1) is 0 Å². The van der Waals surface area contributed by atoms with Crippen LogP contribution in [0.3, 0.4) is 0 Å². The van der Waals surface area contributed by atoms with Crippen molar-refractivity contribution in [3.8, 4) is 0 Å². The molecule has 0 bridgehead atoms. The maximum Gasteiger partial charge on any atom is 0.359 e. The van der Waals surface area contributed by atoms with Gasteiger partial charge in [-0.1, -0.05) is 22.6 Å². The van der Waals surface area contributed by atoms with Gasteiger partial charge in [-0.05, 0) is 0 Å². The van der Waals surface area contributed by atoms with E-state index < -0.39 is 5.97 Å². The van der Waals surface area contributed by atoms with E-state index in [1.165, 1.54) is 0 Å². The van der Waals surface area contributed by atoms with Gasteiger partial charge < -0.3 is 10.4 Å². The molecule has 0 amide bonds. The highest BCUT2D eigenvalue weighted by Crippen LogP contribution is 2.11. The molecule has 0 aliphatic carbocycles. The molecular weight excluding hydrogens is 293 g/mol. The summed E-state index contributed by atoms with van der Waals surface area (Å²) >= 11 is 3.09. The lowest BCUT2D eigenvalue weighted by atomic mass is 10.4. The third-order valence-corrected chi connectivity index (χ3v) is 2.15. The number of carboxylic acid groups (broad SMARTS) is 1. The molecule has 0 unspecified atom stereocenters. The highest BCUT2D eigenvalue weighted by atomic mass is 127. The first kappa shape index (κ1) is 9.65. The zero-order chi connectivity index (χ0) is 8.97. The number of aromatic carboxylic acids is 1. The molecule has 0 saturated heterocycles. The highest BCUT2D eigenvalue weighted by molar-refractivity contribution is 14.1. The van der Waals surface area contributed by atoms with Crippen LogP contribution in [0.1, 0.15) is 10.5 Å². The Morgan fingerprint density at radius 1 is 1.67 bits per heavy atom. The zero-order valence-electron chi connectivity index (χ0n) is 5.95. The summed E-state index contributed by atoms with van der Waals surface area (Å²) in [6, 6.07) is 0. The van der Waals surface area contributed by atoms with E-state index in [9.17, 15) is 4.79 Å². The second kappa shape index (κ2) is 4.55. The Morgan fingerprint density at radius 3 is 3.00 bits per heavy atom.